The molecule has 1 heterocycles. The number of hydrogen-bond acceptors (Lipinski definition) is 7. The van der Waals surface area contributed by atoms with Gasteiger partial charge in [0.25, 0.3) is 5.91 Å². The van der Waals surface area contributed by atoms with Crippen LogP contribution in [0.3, 0.4) is 0 Å². The number of nitrogens with one attached hydrogen (secondary N) is 2. The molecule has 10 nitrogen and oxygen atoms in total. The van der Waals surface area contributed by atoms with Crippen LogP contribution < -0.4 is 25.8 Å². The van der Waals surface area contributed by atoms with Gasteiger partial charge >= 0.3 is 0 Å². The first-order chi connectivity index (χ1) is 14.8. The van der Waals surface area contributed by atoms with Crippen LogP contribution in [-0.4, -0.2) is 41.0 Å². The van der Waals surface area contributed by atoms with E-state index in [1.807, 2.05) is 32.0 Å². The van der Waals surface area contributed by atoms with E-state index in [4.69, 9.17) is 15.2 Å². The minimum Gasteiger partial charge on any atom is -0.497 e. The van der Waals surface area contributed by atoms with Gasteiger partial charge in [-0.25, -0.2) is 4.68 Å². The van der Waals surface area contributed by atoms with Crippen molar-refractivity contribution < 1.29 is 19.1 Å². The zero-order valence-electron chi connectivity index (χ0n) is 17.7. The standard InChI is InChI=1S/C21H24N6O4/c1-12-6-5-7-13(2)18(12)24-17(28)11-27-20(22)19(25-26-27)21(29)23-15-10-14(30-3)8-9-16(15)31-4/h5-10H,11,22H2,1-4H3,(H,23,29)(H,24,28). The third kappa shape index (κ3) is 4.74. The molecule has 0 saturated heterocycles. The predicted octanol–water partition coefficient (Wildman–Crippen LogP) is 2.39. The number of aryl methyl sites for hydroxylation is 2. The Morgan fingerprint density at radius 1 is 1.06 bits per heavy atom. The zero-order chi connectivity index (χ0) is 22.5. The normalized spacial score (nSPS) is 10.5. The Morgan fingerprint density at radius 2 is 1.77 bits per heavy atom. The number of nitrogens with zero attached hydrogens (tertiary/aromatic N) is 3. The van der Waals surface area contributed by atoms with E-state index in [1.54, 1.807) is 18.2 Å². The molecule has 3 aromatic rings. The van der Waals surface area contributed by atoms with Gasteiger partial charge in [-0.1, -0.05) is 23.4 Å². The van der Waals surface area contributed by atoms with Gasteiger partial charge in [0.1, 0.15) is 18.0 Å². The third-order valence-corrected chi connectivity index (χ3v) is 4.68. The molecule has 0 fully saturated rings. The van der Waals surface area contributed by atoms with Crippen molar-refractivity contribution in [2.24, 2.45) is 0 Å². The Kier molecular flexibility index (Phi) is 6.39. The van der Waals surface area contributed by atoms with Crippen molar-refractivity contribution in [3.05, 3.63) is 53.2 Å². The van der Waals surface area contributed by atoms with Crippen LogP contribution in [0.2, 0.25) is 0 Å². The molecule has 0 bridgehead atoms. The molecular formula is C21H24N6O4. The second-order valence-electron chi connectivity index (χ2n) is 6.82. The molecule has 0 radical (unpaired) electrons. The molecule has 2 amide bonds. The molecule has 0 atom stereocenters. The number of amides is 2. The number of para-hydroxylation sites is 1. The second-order valence-corrected chi connectivity index (χ2v) is 6.82. The molecule has 0 aliphatic rings. The number of ether oxygens (including phenoxy) is 2. The molecule has 0 saturated carbocycles. The topological polar surface area (TPSA) is 133 Å². The van der Waals surface area contributed by atoms with Gasteiger partial charge in [-0.3, -0.25) is 9.59 Å². The zero-order valence-corrected chi connectivity index (χ0v) is 17.7. The fraction of sp³-hybridized carbons (Fsp3) is 0.238. The maximum atomic E-state index is 12.7. The number of nitrogen functional groups attached to an aromatic ring is 1. The van der Waals surface area contributed by atoms with E-state index in [1.165, 1.54) is 18.9 Å². The minimum atomic E-state index is -0.592. The van der Waals surface area contributed by atoms with E-state index in [2.05, 4.69) is 20.9 Å². The van der Waals surface area contributed by atoms with Crippen LogP contribution in [-0.2, 0) is 11.3 Å². The van der Waals surface area contributed by atoms with Gasteiger partial charge in [0, 0.05) is 11.8 Å². The SMILES string of the molecule is COc1ccc(OC)c(NC(=O)c2nnn(CC(=O)Nc3c(C)cccc3C)c2N)c1. The maximum Gasteiger partial charge on any atom is 0.280 e. The molecule has 0 spiro atoms. The number of rotatable bonds is 7. The van der Waals surface area contributed by atoms with E-state index in [9.17, 15) is 9.59 Å². The summed E-state index contributed by atoms with van der Waals surface area (Å²) in [6, 6.07) is 10.7. The Labute approximate surface area is 179 Å². The van der Waals surface area contributed by atoms with Gasteiger partial charge in [-0.2, -0.15) is 0 Å². The van der Waals surface area contributed by atoms with E-state index in [-0.39, 0.29) is 24.0 Å². The summed E-state index contributed by atoms with van der Waals surface area (Å²) in [5.74, 6) is 0.0147. The van der Waals surface area contributed by atoms with Crippen LogP contribution in [0.5, 0.6) is 11.5 Å². The van der Waals surface area contributed by atoms with Crippen LogP contribution in [0.15, 0.2) is 36.4 Å². The highest BCUT2D eigenvalue weighted by Crippen LogP contribution is 2.29. The number of nitrogens with two attached hydrogens (primary N) is 1. The number of carbonyl (C=O) groups is 2. The first kappa shape index (κ1) is 21.6. The average molecular weight is 424 g/mol. The van der Waals surface area contributed by atoms with Crippen LogP contribution in [0, 0.1) is 13.8 Å². The first-order valence-electron chi connectivity index (χ1n) is 9.42. The highest BCUT2D eigenvalue weighted by atomic mass is 16.5. The minimum absolute atomic E-state index is 0.0315. The lowest BCUT2D eigenvalue weighted by atomic mass is 10.1. The molecule has 0 aliphatic heterocycles. The van der Waals surface area contributed by atoms with Crippen molar-refractivity contribution in [3.63, 3.8) is 0 Å². The van der Waals surface area contributed by atoms with Gasteiger partial charge < -0.3 is 25.8 Å². The van der Waals surface area contributed by atoms with Crippen molar-refractivity contribution in [2.75, 3.05) is 30.6 Å². The monoisotopic (exact) mass is 424 g/mol. The molecule has 4 N–H and O–H groups in total. The Morgan fingerprint density at radius 3 is 2.42 bits per heavy atom. The molecule has 2 aromatic carbocycles. The molecule has 162 valence electrons. The molecule has 31 heavy (non-hydrogen) atoms. The van der Waals surface area contributed by atoms with Gasteiger partial charge in [-0.05, 0) is 37.1 Å². The lowest BCUT2D eigenvalue weighted by Gasteiger charge is -2.12. The Balaban J connectivity index is 1.74. The predicted molar refractivity (Wildman–Crippen MR) is 116 cm³/mol. The summed E-state index contributed by atoms with van der Waals surface area (Å²) in [4.78, 5) is 25.2. The van der Waals surface area contributed by atoms with Gasteiger partial charge in [0.05, 0.1) is 19.9 Å². The van der Waals surface area contributed by atoms with Gasteiger partial charge in [-0.15, -0.1) is 5.10 Å². The maximum absolute atomic E-state index is 12.7. The summed E-state index contributed by atoms with van der Waals surface area (Å²) in [6.07, 6.45) is 0. The fourth-order valence-electron chi connectivity index (χ4n) is 3.02. The quantitative estimate of drug-likeness (QED) is 0.530. The van der Waals surface area contributed by atoms with Crippen molar-refractivity contribution >= 4 is 29.0 Å². The van der Waals surface area contributed by atoms with Crippen LogP contribution >= 0.6 is 0 Å². The Hall–Kier alpha value is -4.08. The van der Waals surface area contributed by atoms with E-state index in [0.717, 1.165) is 16.8 Å². The summed E-state index contributed by atoms with van der Waals surface area (Å²) in [6.45, 7) is 3.62. The third-order valence-electron chi connectivity index (χ3n) is 4.68. The molecule has 0 aliphatic carbocycles. The summed E-state index contributed by atoms with van der Waals surface area (Å²) >= 11 is 0. The van der Waals surface area contributed by atoms with Gasteiger partial charge in [0.2, 0.25) is 5.91 Å². The molecule has 3 rings (SSSR count). The molecular weight excluding hydrogens is 400 g/mol. The second kappa shape index (κ2) is 9.16. The van der Waals surface area contributed by atoms with Crippen LogP contribution in [0.4, 0.5) is 17.2 Å². The van der Waals surface area contributed by atoms with Crippen molar-refractivity contribution in [2.45, 2.75) is 20.4 Å². The summed E-state index contributed by atoms with van der Waals surface area (Å²) in [5, 5.41) is 13.2. The summed E-state index contributed by atoms with van der Waals surface area (Å²) in [5.41, 5.74) is 8.91. The van der Waals surface area contributed by atoms with E-state index < -0.39 is 5.91 Å². The van der Waals surface area contributed by atoms with Crippen molar-refractivity contribution in [1.29, 1.82) is 0 Å². The number of aromatic nitrogens is 3. The smallest absolute Gasteiger partial charge is 0.280 e. The molecule has 10 heteroatoms. The summed E-state index contributed by atoms with van der Waals surface area (Å²) in [7, 11) is 3.00. The van der Waals surface area contributed by atoms with Crippen molar-refractivity contribution in [3.8, 4) is 11.5 Å². The molecule has 0 unspecified atom stereocenters. The highest BCUT2D eigenvalue weighted by molar-refractivity contribution is 6.06. The lowest BCUT2D eigenvalue weighted by Crippen LogP contribution is -2.22. The van der Waals surface area contributed by atoms with Crippen LogP contribution in [0.1, 0.15) is 21.6 Å². The number of hydrogen-bond donors (Lipinski definition) is 3. The largest absolute Gasteiger partial charge is 0.497 e. The van der Waals surface area contributed by atoms with E-state index >= 15 is 0 Å². The number of anilines is 3. The molecule has 1 aromatic heterocycles. The average Bonchev–Trinajstić information content (AvgIpc) is 3.11. The number of carbonyl (C=O) groups excluding carboxylic acids is 2. The summed E-state index contributed by atoms with van der Waals surface area (Å²) < 4.78 is 11.6. The number of benzene rings is 2. The lowest BCUT2D eigenvalue weighted by molar-refractivity contribution is -0.116. The Bertz CT molecular complexity index is 1100. The van der Waals surface area contributed by atoms with Crippen LogP contribution in [0.25, 0.3) is 0 Å². The highest BCUT2D eigenvalue weighted by Gasteiger charge is 2.21. The van der Waals surface area contributed by atoms with Crippen molar-refractivity contribution in [1.82, 2.24) is 15.0 Å². The first-order valence-corrected chi connectivity index (χ1v) is 9.42. The van der Waals surface area contributed by atoms with Gasteiger partial charge in [0.15, 0.2) is 11.5 Å². The van der Waals surface area contributed by atoms with E-state index in [0.29, 0.717) is 17.2 Å². The number of methoxy groups -OCH3 is 2. The fourth-order valence-corrected chi connectivity index (χ4v) is 3.02.